The van der Waals surface area contributed by atoms with Gasteiger partial charge in [0.2, 0.25) is 0 Å². The molecule has 96 valence electrons. The van der Waals surface area contributed by atoms with E-state index in [-0.39, 0.29) is 11.5 Å². The number of carboxylic acid groups (broad SMARTS) is 1. The third-order valence-electron chi connectivity index (χ3n) is 2.72. The molecule has 0 fully saturated rings. The highest BCUT2D eigenvalue weighted by Gasteiger charge is 2.21. The summed E-state index contributed by atoms with van der Waals surface area (Å²) in [6, 6.07) is 6.85. The van der Waals surface area contributed by atoms with Crippen LogP contribution in [0, 0.1) is 0 Å². The lowest BCUT2D eigenvalue weighted by Gasteiger charge is -2.17. The number of rotatable bonds is 5. The van der Waals surface area contributed by atoms with Crippen LogP contribution in [0.2, 0.25) is 0 Å². The molecule has 1 unspecified atom stereocenters. The topological polar surface area (TPSA) is 55.8 Å². The minimum atomic E-state index is -0.910. The van der Waals surface area contributed by atoms with Crippen molar-refractivity contribution in [3.8, 4) is 0 Å². The summed E-state index contributed by atoms with van der Waals surface area (Å²) >= 11 is 4.42. The summed E-state index contributed by atoms with van der Waals surface area (Å²) in [6.45, 7) is 0. The first-order valence-corrected chi connectivity index (χ1v) is 6.14. The number of carboxylic acids is 1. The van der Waals surface area contributed by atoms with Crippen LogP contribution in [0.4, 0.5) is 0 Å². The maximum atomic E-state index is 10.7. The van der Waals surface area contributed by atoms with Crippen LogP contribution in [0.15, 0.2) is 36.8 Å². The number of ether oxygens (including phenoxy) is 2. The Morgan fingerprint density at radius 3 is 2.44 bits per heavy atom. The summed E-state index contributed by atoms with van der Waals surface area (Å²) in [4.78, 5) is 10.7. The average molecular weight is 266 g/mol. The monoisotopic (exact) mass is 266 g/mol. The smallest absolute Gasteiger partial charge is 0.335 e. The first-order chi connectivity index (χ1) is 8.66. The molecule has 0 radical (unpaired) electrons. The van der Waals surface area contributed by atoms with Gasteiger partial charge in [-0.25, -0.2) is 4.79 Å². The van der Waals surface area contributed by atoms with Crippen LogP contribution in [0.25, 0.3) is 0 Å². The fraction of sp³-hybridized carbons (Fsp3) is 0.308. The molecule has 0 amide bonds. The Kier molecular flexibility index (Phi) is 4.15. The van der Waals surface area contributed by atoms with Gasteiger partial charge in [-0.3, -0.25) is 0 Å². The summed E-state index contributed by atoms with van der Waals surface area (Å²) in [5.41, 5.74) is 1.37. The van der Waals surface area contributed by atoms with Gasteiger partial charge in [-0.1, -0.05) is 12.1 Å². The number of benzene rings is 1. The van der Waals surface area contributed by atoms with E-state index in [0.717, 1.165) is 18.4 Å². The van der Waals surface area contributed by atoms with Crippen LogP contribution in [0.1, 0.15) is 22.3 Å². The zero-order valence-electron chi connectivity index (χ0n) is 9.65. The lowest BCUT2D eigenvalue weighted by Crippen LogP contribution is -2.22. The van der Waals surface area contributed by atoms with E-state index in [1.807, 2.05) is 12.1 Å². The minimum absolute atomic E-state index is 0.0147. The summed E-state index contributed by atoms with van der Waals surface area (Å²) in [5.74, 6) is -0.910. The molecule has 1 aromatic carbocycles. The van der Waals surface area contributed by atoms with Crippen molar-refractivity contribution in [3.63, 3.8) is 0 Å². The standard InChI is InChI=1S/C13H14O4S/c14-12(15)10-4-1-9(2-5-10)3-6-11(18)13-16-7-8-17-13/h1-2,4-5,7-8,11,13,18H,3,6H2,(H,14,15). The summed E-state index contributed by atoms with van der Waals surface area (Å²) in [6.07, 6.45) is 4.29. The molecule has 4 nitrogen and oxygen atoms in total. The predicted molar refractivity (Wildman–Crippen MR) is 69.6 cm³/mol. The number of hydrogen-bond acceptors (Lipinski definition) is 4. The molecule has 0 saturated carbocycles. The molecule has 0 aliphatic carbocycles. The maximum absolute atomic E-state index is 10.7. The van der Waals surface area contributed by atoms with Gasteiger partial charge < -0.3 is 14.6 Å². The molecular formula is C13H14O4S. The molecule has 0 spiro atoms. The Labute approximate surface area is 111 Å². The number of thiol groups is 1. The molecule has 5 heteroatoms. The van der Waals surface area contributed by atoms with Crippen LogP contribution in [0.5, 0.6) is 0 Å². The lowest BCUT2D eigenvalue weighted by molar-refractivity contribution is -0.0236. The third kappa shape index (κ3) is 3.20. The van der Waals surface area contributed by atoms with Gasteiger partial charge in [0, 0.05) is 0 Å². The van der Waals surface area contributed by atoms with Crippen molar-refractivity contribution in [2.45, 2.75) is 24.4 Å². The predicted octanol–water partition coefficient (Wildman–Crippen LogP) is 2.46. The van der Waals surface area contributed by atoms with Gasteiger partial charge in [0.15, 0.2) is 0 Å². The fourth-order valence-electron chi connectivity index (χ4n) is 1.70. The van der Waals surface area contributed by atoms with Crippen LogP contribution in [-0.4, -0.2) is 22.6 Å². The molecule has 1 heterocycles. The van der Waals surface area contributed by atoms with E-state index in [4.69, 9.17) is 14.6 Å². The molecule has 18 heavy (non-hydrogen) atoms. The highest BCUT2D eigenvalue weighted by atomic mass is 32.1. The Balaban J connectivity index is 1.84. The number of carbonyl (C=O) groups is 1. The van der Waals surface area contributed by atoms with Crippen molar-refractivity contribution in [2.24, 2.45) is 0 Å². The van der Waals surface area contributed by atoms with Gasteiger partial charge in [0.1, 0.15) is 12.5 Å². The highest BCUT2D eigenvalue weighted by Crippen LogP contribution is 2.19. The zero-order valence-corrected chi connectivity index (χ0v) is 10.5. The Hall–Kier alpha value is -1.62. The molecule has 1 aromatic rings. The first-order valence-electron chi connectivity index (χ1n) is 5.63. The van der Waals surface area contributed by atoms with E-state index in [1.54, 1.807) is 12.1 Å². The number of hydrogen-bond donors (Lipinski definition) is 2. The Morgan fingerprint density at radius 2 is 1.89 bits per heavy atom. The number of aromatic carboxylic acids is 1. The van der Waals surface area contributed by atoms with Gasteiger partial charge >= 0.3 is 5.97 Å². The van der Waals surface area contributed by atoms with Crippen molar-refractivity contribution < 1.29 is 19.4 Å². The van der Waals surface area contributed by atoms with Gasteiger partial charge in [-0.15, -0.1) is 0 Å². The fourth-order valence-corrected chi connectivity index (χ4v) is 1.97. The minimum Gasteiger partial charge on any atom is -0.478 e. The van der Waals surface area contributed by atoms with Crippen molar-refractivity contribution >= 4 is 18.6 Å². The Morgan fingerprint density at radius 1 is 1.28 bits per heavy atom. The van der Waals surface area contributed by atoms with Crippen LogP contribution >= 0.6 is 12.6 Å². The number of aryl methyl sites for hydroxylation is 1. The summed E-state index contributed by atoms with van der Waals surface area (Å²) < 4.78 is 10.4. The van der Waals surface area contributed by atoms with E-state index in [2.05, 4.69) is 12.6 Å². The van der Waals surface area contributed by atoms with E-state index in [1.165, 1.54) is 12.5 Å². The van der Waals surface area contributed by atoms with E-state index < -0.39 is 5.97 Å². The maximum Gasteiger partial charge on any atom is 0.335 e. The van der Waals surface area contributed by atoms with Gasteiger partial charge in [0.25, 0.3) is 6.29 Å². The SMILES string of the molecule is O=C(O)c1ccc(CCC(S)C2OC=CO2)cc1. The summed E-state index contributed by atoms with van der Waals surface area (Å²) in [7, 11) is 0. The lowest BCUT2D eigenvalue weighted by atomic mass is 10.1. The molecule has 1 aliphatic heterocycles. The van der Waals surface area contributed by atoms with E-state index >= 15 is 0 Å². The molecule has 1 N–H and O–H groups in total. The van der Waals surface area contributed by atoms with Crippen molar-refractivity contribution in [3.05, 3.63) is 47.9 Å². The van der Waals surface area contributed by atoms with E-state index in [9.17, 15) is 4.79 Å². The zero-order chi connectivity index (χ0) is 13.0. The Bertz CT molecular complexity index is 433. The van der Waals surface area contributed by atoms with Crippen molar-refractivity contribution in [1.29, 1.82) is 0 Å². The van der Waals surface area contributed by atoms with Crippen molar-refractivity contribution in [2.75, 3.05) is 0 Å². The second-order valence-corrected chi connectivity index (χ2v) is 4.68. The van der Waals surface area contributed by atoms with Gasteiger partial charge in [-0.05, 0) is 30.5 Å². The quantitative estimate of drug-likeness (QED) is 0.804. The largest absolute Gasteiger partial charge is 0.478 e. The second kappa shape index (κ2) is 5.82. The molecule has 0 aromatic heterocycles. The normalized spacial score (nSPS) is 16.1. The molecular weight excluding hydrogens is 252 g/mol. The molecule has 0 saturated heterocycles. The van der Waals surface area contributed by atoms with E-state index in [0.29, 0.717) is 5.56 Å². The highest BCUT2D eigenvalue weighted by molar-refractivity contribution is 7.81. The molecule has 0 bridgehead atoms. The molecule has 1 atom stereocenters. The first kappa shape index (κ1) is 12.8. The third-order valence-corrected chi connectivity index (χ3v) is 3.23. The van der Waals surface area contributed by atoms with Gasteiger partial charge in [-0.2, -0.15) is 12.6 Å². The van der Waals surface area contributed by atoms with Crippen LogP contribution in [0.3, 0.4) is 0 Å². The second-order valence-electron chi connectivity index (χ2n) is 4.02. The van der Waals surface area contributed by atoms with Crippen molar-refractivity contribution in [1.82, 2.24) is 0 Å². The molecule has 1 aliphatic rings. The molecule has 2 rings (SSSR count). The summed E-state index contributed by atoms with van der Waals surface area (Å²) in [5, 5.41) is 8.77. The van der Waals surface area contributed by atoms with Gasteiger partial charge in [0.05, 0.1) is 10.8 Å². The van der Waals surface area contributed by atoms with Crippen LogP contribution < -0.4 is 0 Å². The average Bonchev–Trinajstić information content (AvgIpc) is 2.90. The van der Waals surface area contributed by atoms with Crippen LogP contribution in [-0.2, 0) is 15.9 Å².